The molecule has 26 heavy (non-hydrogen) atoms. The van der Waals surface area contributed by atoms with Gasteiger partial charge in [-0.1, -0.05) is 12.1 Å². The molecule has 0 unspecified atom stereocenters. The molecule has 0 aliphatic heterocycles. The zero-order valence-electron chi connectivity index (χ0n) is 16.0. The van der Waals surface area contributed by atoms with Gasteiger partial charge < -0.3 is 15.5 Å². The van der Waals surface area contributed by atoms with E-state index < -0.39 is 0 Å². The fourth-order valence-electron chi connectivity index (χ4n) is 2.40. The first-order valence-corrected chi connectivity index (χ1v) is 8.81. The van der Waals surface area contributed by atoms with E-state index in [1.54, 1.807) is 19.0 Å². The molecule has 1 aromatic heterocycles. The van der Waals surface area contributed by atoms with E-state index in [0.717, 1.165) is 36.7 Å². The van der Waals surface area contributed by atoms with Crippen LogP contribution in [-0.2, 0) is 13.1 Å². The van der Waals surface area contributed by atoms with E-state index in [9.17, 15) is 4.79 Å². The van der Waals surface area contributed by atoms with Gasteiger partial charge >= 0.3 is 0 Å². The van der Waals surface area contributed by atoms with Crippen LogP contribution < -0.4 is 10.6 Å². The predicted octanol–water partition coefficient (Wildman–Crippen LogP) is 1.65. The maximum Gasteiger partial charge on any atom is 0.253 e. The highest BCUT2D eigenvalue weighted by molar-refractivity contribution is 5.93. The van der Waals surface area contributed by atoms with Gasteiger partial charge in [-0.05, 0) is 37.1 Å². The highest BCUT2D eigenvalue weighted by Crippen LogP contribution is 2.07. The Morgan fingerprint density at radius 1 is 1.23 bits per heavy atom. The van der Waals surface area contributed by atoms with Crippen LogP contribution >= 0.6 is 0 Å². The van der Waals surface area contributed by atoms with Gasteiger partial charge in [0.1, 0.15) is 0 Å². The molecule has 0 atom stereocenters. The molecule has 0 aliphatic rings. The average molecular weight is 356 g/mol. The van der Waals surface area contributed by atoms with E-state index >= 15 is 0 Å². The molecule has 0 saturated heterocycles. The molecule has 0 radical (unpaired) electrons. The molecule has 0 fully saturated rings. The normalized spacial score (nSPS) is 11.3. The number of hydrogen-bond acceptors (Lipinski definition) is 3. The summed E-state index contributed by atoms with van der Waals surface area (Å²) in [5, 5.41) is 10.8. The summed E-state index contributed by atoms with van der Waals surface area (Å²) in [4.78, 5) is 18.1. The van der Waals surface area contributed by atoms with Gasteiger partial charge in [-0.25, -0.2) is 4.99 Å². The van der Waals surface area contributed by atoms with Gasteiger partial charge in [0.15, 0.2) is 5.96 Å². The van der Waals surface area contributed by atoms with Gasteiger partial charge in [0.05, 0.1) is 19.3 Å². The Balaban J connectivity index is 1.90. The summed E-state index contributed by atoms with van der Waals surface area (Å²) in [5.41, 5.74) is 2.89. The van der Waals surface area contributed by atoms with Crippen LogP contribution in [0.2, 0.25) is 0 Å². The van der Waals surface area contributed by atoms with Crippen molar-refractivity contribution in [2.45, 2.75) is 26.9 Å². The monoisotopic (exact) mass is 356 g/mol. The third-order valence-electron chi connectivity index (χ3n) is 3.77. The third kappa shape index (κ3) is 5.91. The van der Waals surface area contributed by atoms with Crippen molar-refractivity contribution in [1.82, 2.24) is 25.3 Å². The molecule has 140 valence electrons. The molecule has 0 aliphatic carbocycles. The number of carbonyl (C=O) groups excluding carboxylic acids is 1. The minimum absolute atomic E-state index is 0.00362. The Hall–Kier alpha value is -2.83. The summed E-state index contributed by atoms with van der Waals surface area (Å²) in [5.74, 6) is 0.772. The molecular weight excluding hydrogens is 328 g/mol. The average Bonchev–Trinajstić information content (AvgIpc) is 3.04. The summed E-state index contributed by atoms with van der Waals surface area (Å²) < 4.78 is 1.91. The van der Waals surface area contributed by atoms with Crippen LogP contribution in [0.5, 0.6) is 0 Å². The summed E-state index contributed by atoms with van der Waals surface area (Å²) in [7, 11) is 3.50. The first-order valence-electron chi connectivity index (χ1n) is 8.81. The fraction of sp³-hybridized carbons (Fsp3) is 0.421. The van der Waals surface area contributed by atoms with E-state index in [2.05, 4.69) is 20.7 Å². The maximum atomic E-state index is 11.9. The van der Waals surface area contributed by atoms with Crippen molar-refractivity contribution in [3.8, 4) is 0 Å². The van der Waals surface area contributed by atoms with Gasteiger partial charge in [0.2, 0.25) is 0 Å². The Morgan fingerprint density at radius 3 is 2.54 bits per heavy atom. The Labute approximate surface area is 155 Å². The summed E-state index contributed by atoms with van der Waals surface area (Å²) in [6, 6.07) is 7.56. The van der Waals surface area contributed by atoms with E-state index in [0.29, 0.717) is 12.1 Å². The lowest BCUT2D eigenvalue weighted by Gasteiger charge is -2.12. The second-order valence-corrected chi connectivity index (χ2v) is 6.30. The first-order chi connectivity index (χ1) is 12.5. The molecule has 1 amide bonds. The first kappa shape index (κ1) is 19.5. The quantitative estimate of drug-likeness (QED) is 0.584. The lowest BCUT2D eigenvalue weighted by Crippen LogP contribution is -2.38. The maximum absolute atomic E-state index is 11.9. The number of aliphatic imine (C=N–C) groups is 1. The Bertz CT molecular complexity index is 733. The smallest absolute Gasteiger partial charge is 0.253 e. The topological polar surface area (TPSA) is 74.6 Å². The number of guanidine groups is 1. The van der Waals surface area contributed by atoms with E-state index in [1.807, 2.05) is 55.2 Å². The van der Waals surface area contributed by atoms with Crippen LogP contribution in [0.15, 0.2) is 41.7 Å². The van der Waals surface area contributed by atoms with Crippen LogP contribution in [0.3, 0.4) is 0 Å². The zero-order valence-corrected chi connectivity index (χ0v) is 16.0. The number of aryl methyl sites for hydroxylation is 1. The second-order valence-electron chi connectivity index (χ2n) is 6.30. The zero-order chi connectivity index (χ0) is 18.9. The van der Waals surface area contributed by atoms with Gasteiger partial charge in [0.25, 0.3) is 5.91 Å². The summed E-state index contributed by atoms with van der Waals surface area (Å²) in [6.45, 7) is 6.92. The summed E-state index contributed by atoms with van der Waals surface area (Å²) in [6.07, 6.45) is 3.87. The van der Waals surface area contributed by atoms with Crippen molar-refractivity contribution in [1.29, 1.82) is 0 Å². The number of nitrogens with zero attached hydrogens (tertiary/aromatic N) is 4. The van der Waals surface area contributed by atoms with Gasteiger partial charge in [-0.2, -0.15) is 5.10 Å². The molecule has 1 heterocycles. The highest BCUT2D eigenvalue weighted by Gasteiger charge is 2.07. The Morgan fingerprint density at radius 2 is 1.96 bits per heavy atom. The number of nitrogens with one attached hydrogen (secondary N) is 2. The molecule has 1 aromatic carbocycles. The minimum Gasteiger partial charge on any atom is -0.357 e. The fourth-order valence-corrected chi connectivity index (χ4v) is 2.40. The SMILES string of the molecule is CCNC(=NCc1ccc(C(=O)N(C)C)cc1)NCCn1cc(C)cn1. The molecular formula is C19H28N6O. The van der Waals surface area contributed by atoms with Crippen molar-refractivity contribution in [2.75, 3.05) is 27.2 Å². The summed E-state index contributed by atoms with van der Waals surface area (Å²) >= 11 is 0. The second kappa shape index (κ2) is 9.60. The molecule has 2 aromatic rings. The van der Waals surface area contributed by atoms with E-state index in [1.165, 1.54) is 0 Å². The lowest BCUT2D eigenvalue weighted by molar-refractivity contribution is 0.0827. The molecule has 7 heteroatoms. The number of aromatic nitrogens is 2. The molecule has 7 nitrogen and oxygen atoms in total. The van der Waals surface area contributed by atoms with Gasteiger partial charge in [-0.15, -0.1) is 0 Å². The number of amides is 1. The molecule has 2 N–H and O–H groups in total. The highest BCUT2D eigenvalue weighted by atomic mass is 16.2. The number of hydrogen-bond donors (Lipinski definition) is 2. The molecule has 0 bridgehead atoms. The van der Waals surface area contributed by atoms with E-state index in [-0.39, 0.29) is 5.91 Å². The molecule has 2 rings (SSSR count). The number of benzene rings is 1. The van der Waals surface area contributed by atoms with Crippen molar-refractivity contribution in [3.05, 3.63) is 53.3 Å². The van der Waals surface area contributed by atoms with Crippen LogP contribution in [0, 0.1) is 6.92 Å². The Kier molecular flexibility index (Phi) is 7.20. The lowest BCUT2D eigenvalue weighted by atomic mass is 10.1. The minimum atomic E-state index is 0.00362. The van der Waals surface area contributed by atoms with Gasteiger partial charge in [0, 0.05) is 38.9 Å². The van der Waals surface area contributed by atoms with Crippen molar-refractivity contribution in [2.24, 2.45) is 4.99 Å². The molecule has 0 spiro atoms. The number of rotatable bonds is 7. The van der Waals surface area contributed by atoms with Crippen LogP contribution in [-0.4, -0.2) is 53.7 Å². The van der Waals surface area contributed by atoms with Crippen molar-refractivity contribution in [3.63, 3.8) is 0 Å². The van der Waals surface area contributed by atoms with Crippen molar-refractivity contribution < 1.29 is 4.79 Å². The largest absolute Gasteiger partial charge is 0.357 e. The number of carbonyl (C=O) groups is 1. The van der Waals surface area contributed by atoms with Crippen molar-refractivity contribution >= 4 is 11.9 Å². The van der Waals surface area contributed by atoms with Crippen LogP contribution in [0.1, 0.15) is 28.4 Å². The van der Waals surface area contributed by atoms with E-state index in [4.69, 9.17) is 0 Å². The van der Waals surface area contributed by atoms with Crippen LogP contribution in [0.25, 0.3) is 0 Å². The predicted molar refractivity (Wildman–Crippen MR) is 104 cm³/mol. The molecule has 0 saturated carbocycles. The van der Waals surface area contributed by atoms with Gasteiger partial charge in [-0.3, -0.25) is 9.48 Å². The van der Waals surface area contributed by atoms with Crippen LogP contribution in [0.4, 0.5) is 0 Å². The third-order valence-corrected chi connectivity index (χ3v) is 3.77. The standard InChI is InChI=1S/C19H28N6O/c1-5-20-19(21-10-11-25-14-15(2)12-23-25)22-13-16-6-8-17(9-7-16)18(26)24(3)4/h6-9,12,14H,5,10-11,13H2,1-4H3,(H2,20,21,22).